The summed E-state index contributed by atoms with van der Waals surface area (Å²) in [4.78, 5) is 39.9. The SMILES string of the molecule is CCC1CCC(C(=O)N2CC[C@H](c3ccccc3)[C@H]2C(=O)Cc2cc(F)c(C(=O)O)cc2F)CC1. The predicted octanol–water partition coefficient (Wildman–Crippen LogP) is 5.38. The van der Waals surface area contributed by atoms with Crippen molar-refractivity contribution in [2.45, 2.75) is 63.8 Å². The van der Waals surface area contributed by atoms with E-state index in [1.807, 2.05) is 30.3 Å². The summed E-state index contributed by atoms with van der Waals surface area (Å²) in [6.45, 7) is 2.61. The number of carboxylic acids is 1. The van der Waals surface area contributed by atoms with Gasteiger partial charge in [-0.15, -0.1) is 0 Å². The minimum absolute atomic E-state index is 0.0239. The third-order valence-electron chi connectivity index (χ3n) is 7.74. The normalized spacial score (nSPS) is 24.4. The zero-order chi connectivity index (χ0) is 25.1. The summed E-state index contributed by atoms with van der Waals surface area (Å²) in [6, 6.07) is 10.1. The summed E-state index contributed by atoms with van der Waals surface area (Å²) in [6.07, 6.45) is 4.92. The van der Waals surface area contributed by atoms with Crippen molar-refractivity contribution >= 4 is 17.7 Å². The van der Waals surface area contributed by atoms with Gasteiger partial charge in [0.2, 0.25) is 5.91 Å². The fourth-order valence-corrected chi connectivity index (χ4v) is 5.72. The summed E-state index contributed by atoms with van der Waals surface area (Å²) in [5, 5.41) is 9.03. The molecular weight excluding hydrogens is 452 g/mol. The van der Waals surface area contributed by atoms with Gasteiger partial charge in [-0.3, -0.25) is 9.59 Å². The van der Waals surface area contributed by atoms with Crippen molar-refractivity contribution in [2.75, 3.05) is 6.54 Å². The number of nitrogens with zero attached hydrogens (tertiary/aromatic N) is 1. The summed E-state index contributed by atoms with van der Waals surface area (Å²) in [5.41, 5.74) is -0.0444. The van der Waals surface area contributed by atoms with Crippen LogP contribution in [0.1, 0.15) is 72.9 Å². The number of halogens is 2. The van der Waals surface area contributed by atoms with Crippen molar-refractivity contribution in [3.8, 4) is 0 Å². The lowest BCUT2D eigenvalue weighted by atomic mass is 9.80. The van der Waals surface area contributed by atoms with Crippen LogP contribution in [0.2, 0.25) is 0 Å². The van der Waals surface area contributed by atoms with Gasteiger partial charge in [0, 0.05) is 24.8 Å². The highest BCUT2D eigenvalue weighted by molar-refractivity contribution is 5.93. The lowest BCUT2D eigenvalue weighted by Gasteiger charge is -2.33. The van der Waals surface area contributed by atoms with E-state index >= 15 is 0 Å². The molecule has 2 fully saturated rings. The van der Waals surface area contributed by atoms with Gasteiger partial charge in [0.05, 0.1) is 11.6 Å². The molecule has 1 N–H and O–H groups in total. The average Bonchev–Trinajstić information content (AvgIpc) is 3.31. The van der Waals surface area contributed by atoms with Crippen LogP contribution in [0.15, 0.2) is 42.5 Å². The number of Topliss-reactive ketones (excluding diaryl/α,β-unsaturated/α-hetero) is 1. The van der Waals surface area contributed by atoms with Gasteiger partial charge in [-0.2, -0.15) is 0 Å². The first-order valence-corrected chi connectivity index (χ1v) is 12.4. The maximum absolute atomic E-state index is 14.6. The minimum atomic E-state index is -1.58. The molecule has 2 atom stereocenters. The number of amides is 1. The highest BCUT2D eigenvalue weighted by Gasteiger charge is 2.44. The Morgan fingerprint density at radius 3 is 2.29 bits per heavy atom. The molecule has 1 aliphatic carbocycles. The van der Waals surface area contributed by atoms with Crippen LogP contribution in [0.25, 0.3) is 0 Å². The third kappa shape index (κ3) is 5.29. The van der Waals surface area contributed by atoms with Crippen molar-refractivity contribution in [1.82, 2.24) is 4.90 Å². The zero-order valence-corrected chi connectivity index (χ0v) is 19.9. The number of hydrogen-bond donors (Lipinski definition) is 1. The molecule has 4 rings (SSSR count). The van der Waals surface area contributed by atoms with Crippen LogP contribution in [0.5, 0.6) is 0 Å². The van der Waals surface area contributed by atoms with Gasteiger partial charge >= 0.3 is 5.97 Å². The van der Waals surface area contributed by atoms with Crippen molar-refractivity contribution in [3.05, 3.63) is 70.8 Å². The van der Waals surface area contributed by atoms with E-state index in [2.05, 4.69) is 6.92 Å². The Labute approximate surface area is 204 Å². The first-order chi connectivity index (χ1) is 16.8. The van der Waals surface area contributed by atoms with E-state index in [1.54, 1.807) is 4.90 Å². The number of carboxylic acid groups (broad SMARTS) is 1. The van der Waals surface area contributed by atoms with Crippen LogP contribution in [-0.2, 0) is 16.0 Å². The lowest BCUT2D eigenvalue weighted by Crippen LogP contribution is -2.46. The zero-order valence-electron chi connectivity index (χ0n) is 19.9. The highest BCUT2D eigenvalue weighted by Crippen LogP contribution is 2.38. The van der Waals surface area contributed by atoms with Crippen molar-refractivity contribution < 1.29 is 28.3 Å². The number of carbonyl (C=O) groups is 3. The Morgan fingerprint density at radius 1 is 0.971 bits per heavy atom. The Hall–Kier alpha value is -3.09. The summed E-state index contributed by atoms with van der Waals surface area (Å²) >= 11 is 0. The maximum atomic E-state index is 14.6. The van der Waals surface area contributed by atoms with E-state index in [0.717, 1.165) is 43.7 Å². The molecular formula is C28H31F2NO4. The predicted molar refractivity (Wildman–Crippen MR) is 127 cm³/mol. The third-order valence-corrected chi connectivity index (χ3v) is 7.74. The van der Waals surface area contributed by atoms with Gasteiger partial charge in [-0.25, -0.2) is 13.6 Å². The van der Waals surface area contributed by atoms with Gasteiger partial charge < -0.3 is 10.0 Å². The van der Waals surface area contributed by atoms with Gasteiger partial charge in [0.1, 0.15) is 11.6 Å². The smallest absolute Gasteiger partial charge is 0.338 e. The number of aromatic carboxylic acids is 1. The summed E-state index contributed by atoms with van der Waals surface area (Å²) < 4.78 is 28.8. The number of likely N-dealkylation sites (tertiary alicyclic amines) is 1. The van der Waals surface area contributed by atoms with E-state index in [0.29, 0.717) is 24.9 Å². The second-order valence-electron chi connectivity index (χ2n) is 9.78. The van der Waals surface area contributed by atoms with Crippen LogP contribution in [0.3, 0.4) is 0 Å². The van der Waals surface area contributed by atoms with Crippen LogP contribution in [-0.4, -0.2) is 40.3 Å². The molecule has 0 spiro atoms. The monoisotopic (exact) mass is 483 g/mol. The number of carbonyl (C=O) groups excluding carboxylic acids is 2. The van der Waals surface area contributed by atoms with Crippen molar-refractivity contribution in [2.24, 2.45) is 11.8 Å². The van der Waals surface area contributed by atoms with Gasteiger partial charge in [0.25, 0.3) is 0 Å². The molecule has 0 bridgehead atoms. The van der Waals surface area contributed by atoms with E-state index in [9.17, 15) is 23.2 Å². The first-order valence-electron chi connectivity index (χ1n) is 12.4. The minimum Gasteiger partial charge on any atom is -0.478 e. The standard InChI is InChI=1S/C28H31F2NO4/c1-2-17-8-10-19(11-9-17)27(33)31-13-12-21(18-6-4-3-5-7-18)26(31)25(32)15-20-14-24(30)22(28(34)35)16-23(20)29/h3-7,14,16-17,19,21,26H,2,8-13,15H2,1H3,(H,34,35)/t17?,19?,21-,26+/m1/s1. The maximum Gasteiger partial charge on any atom is 0.338 e. The molecule has 1 saturated carbocycles. The van der Waals surface area contributed by atoms with Gasteiger partial charge in [-0.1, -0.05) is 43.7 Å². The van der Waals surface area contributed by atoms with Gasteiger partial charge in [-0.05, 0) is 61.3 Å². The largest absolute Gasteiger partial charge is 0.478 e. The molecule has 5 nitrogen and oxygen atoms in total. The average molecular weight is 484 g/mol. The topological polar surface area (TPSA) is 74.7 Å². The van der Waals surface area contributed by atoms with E-state index < -0.39 is 35.6 Å². The summed E-state index contributed by atoms with van der Waals surface area (Å²) in [5.74, 6) is -3.71. The molecule has 2 aromatic carbocycles. The van der Waals surface area contributed by atoms with Crippen LogP contribution >= 0.6 is 0 Å². The number of rotatable bonds is 7. The molecule has 2 aliphatic rings. The Bertz CT molecular complexity index is 1100. The molecule has 1 heterocycles. The van der Waals surface area contributed by atoms with Crippen molar-refractivity contribution in [1.29, 1.82) is 0 Å². The second-order valence-corrected chi connectivity index (χ2v) is 9.78. The van der Waals surface area contributed by atoms with Crippen LogP contribution < -0.4 is 0 Å². The fraction of sp³-hybridized carbons (Fsp3) is 0.464. The molecule has 186 valence electrons. The Morgan fingerprint density at radius 2 is 1.66 bits per heavy atom. The quantitative estimate of drug-likeness (QED) is 0.574. The molecule has 2 aromatic rings. The van der Waals surface area contributed by atoms with E-state index in [1.165, 1.54) is 0 Å². The summed E-state index contributed by atoms with van der Waals surface area (Å²) in [7, 11) is 0. The lowest BCUT2D eigenvalue weighted by molar-refractivity contribution is -0.142. The first kappa shape index (κ1) is 25.0. The highest BCUT2D eigenvalue weighted by atomic mass is 19.1. The van der Waals surface area contributed by atoms with Crippen LogP contribution in [0.4, 0.5) is 8.78 Å². The molecule has 0 unspecified atom stereocenters. The second kappa shape index (κ2) is 10.7. The number of hydrogen-bond acceptors (Lipinski definition) is 3. The molecule has 0 radical (unpaired) electrons. The number of ketones is 1. The molecule has 1 aliphatic heterocycles. The van der Waals surface area contributed by atoms with E-state index in [-0.39, 0.29) is 29.1 Å². The fourth-order valence-electron chi connectivity index (χ4n) is 5.72. The Balaban J connectivity index is 1.60. The number of benzene rings is 2. The molecule has 1 saturated heterocycles. The molecule has 7 heteroatoms. The van der Waals surface area contributed by atoms with Crippen molar-refractivity contribution in [3.63, 3.8) is 0 Å². The van der Waals surface area contributed by atoms with E-state index in [4.69, 9.17) is 5.11 Å². The molecule has 1 amide bonds. The van der Waals surface area contributed by atoms with Crippen LogP contribution in [0, 0.1) is 23.5 Å². The molecule has 0 aromatic heterocycles. The molecule has 35 heavy (non-hydrogen) atoms. The Kier molecular flexibility index (Phi) is 7.63. The van der Waals surface area contributed by atoms with Gasteiger partial charge in [0.15, 0.2) is 5.78 Å².